The minimum absolute atomic E-state index is 1.17. The summed E-state index contributed by atoms with van der Waals surface area (Å²) in [4.78, 5) is 0. The van der Waals surface area contributed by atoms with Crippen molar-refractivity contribution in [3.05, 3.63) is 158 Å². The maximum atomic E-state index is 2.45. The summed E-state index contributed by atoms with van der Waals surface area (Å²) in [6.07, 6.45) is 0. The SMILES string of the molecule is c1ccc(-n2c3ccccc3c3cc(-n4c5ccccc5c5cc6c(ccc7c8ccccc8ccc67)cc54)ccc32)cc1. The first-order valence-electron chi connectivity index (χ1n) is 15.2. The number of benzene rings is 8. The van der Waals surface area contributed by atoms with Crippen LogP contribution >= 0.6 is 0 Å². The van der Waals surface area contributed by atoms with Gasteiger partial charge in [0.1, 0.15) is 0 Å². The molecule has 0 aliphatic heterocycles. The number of fused-ring (bicyclic) bond motifs is 11. The highest BCUT2D eigenvalue weighted by Crippen LogP contribution is 2.40. The minimum Gasteiger partial charge on any atom is -0.309 e. The van der Waals surface area contributed by atoms with Gasteiger partial charge in [0.05, 0.1) is 22.1 Å². The van der Waals surface area contributed by atoms with Crippen LogP contribution in [0.5, 0.6) is 0 Å². The normalized spacial score (nSPS) is 12.1. The fourth-order valence-corrected chi connectivity index (χ4v) is 7.52. The van der Waals surface area contributed by atoms with Crippen LogP contribution < -0.4 is 0 Å². The fraction of sp³-hybridized carbons (Fsp3) is 0. The molecule has 8 aromatic carbocycles. The van der Waals surface area contributed by atoms with Gasteiger partial charge in [0.2, 0.25) is 0 Å². The van der Waals surface area contributed by atoms with E-state index in [9.17, 15) is 0 Å². The van der Waals surface area contributed by atoms with E-state index in [0.29, 0.717) is 0 Å². The Balaban J connectivity index is 1.28. The van der Waals surface area contributed by atoms with Crippen molar-refractivity contribution in [3.63, 3.8) is 0 Å². The number of aromatic nitrogens is 2. The summed E-state index contributed by atoms with van der Waals surface area (Å²) in [5.41, 5.74) is 7.23. The van der Waals surface area contributed by atoms with E-state index in [1.54, 1.807) is 0 Å². The Kier molecular flexibility index (Phi) is 4.75. The maximum absolute atomic E-state index is 2.45. The molecule has 0 amide bonds. The molecular weight excluding hydrogens is 532 g/mol. The summed E-state index contributed by atoms with van der Waals surface area (Å²) >= 11 is 0. The molecule has 2 heterocycles. The van der Waals surface area contributed by atoms with Crippen molar-refractivity contribution in [3.8, 4) is 11.4 Å². The number of rotatable bonds is 2. The second kappa shape index (κ2) is 8.82. The minimum atomic E-state index is 1.17. The Morgan fingerprint density at radius 2 is 0.818 bits per heavy atom. The Morgan fingerprint density at radius 3 is 1.59 bits per heavy atom. The Bertz CT molecular complexity index is 2760. The van der Waals surface area contributed by atoms with E-state index in [4.69, 9.17) is 0 Å². The van der Waals surface area contributed by atoms with Crippen LogP contribution in [-0.2, 0) is 0 Å². The highest BCUT2D eigenvalue weighted by molar-refractivity contribution is 6.22. The highest BCUT2D eigenvalue weighted by Gasteiger charge is 2.17. The van der Waals surface area contributed by atoms with Gasteiger partial charge in [-0.05, 0) is 86.9 Å². The number of nitrogens with zero attached hydrogens (tertiary/aromatic N) is 2. The molecule has 0 atom stereocenters. The molecule has 0 radical (unpaired) electrons. The van der Waals surface area contributed by atoms with Crippen molar-refractivity contribution in [2.75, 3.05) is 0 Å². The van der Waals surface area contributed by atoms with Gasteiger partial charge in [-0.25, -0.2) is 0 Å². The largest absolute Gasteiger partial charge is 0.309 e. The zero-order chi connectivity index (χ0) is 28.8. The lowest BCUT2D eigenvalue weighted by Gasteiger charge is -2.11. The first kappa shape index (κ1) is 23.7. The van der Waals surface area contributed by atoms with Crippen molar-refractivity contribution in [1.82, 2.24) is 9.13 Å². The number of hydrogen-bond acceptors (Lipinski definition) is 0. The van der Waals surface area contributed by atoms with Crippen molar-refractivity contribution >= 4 is 75.9 Å². The van der Waals surface area contributed by atoms with Gasteiger partial charge < -0.3 is 9.13 Å². The van der Waals surface area contributed by atoms with E-state index in [0.717, 1.165) is 0 Å². The molecule has 10 rings (SSSR count). The predicted octanol–water partition coefficient (Wildman–Crippen LogP) is 11.3. The van der Waals surface area contributed by atoms with Crippen LogP contribution in [0, 0.1) is 0 Å². The lowest BCUT2D eigenvalue weighted by Crippen LogP contribution is -1.95. The molecule has 2 heteroatoms. The van der Waals surface area contributed by atoms with Crippen molar-refractivity contribution in [1.29, 1.82) is 0 Å². The second-order valence-electron chi connectivity index (χ2n) is 11.8. The van der Waals surface area contributed by atoms with Crippen LogP contribution in [-0.4, -0.2) is 9.13 Å². The van der Waals surface area contributed by atoms with Crippen LogP contribution in [0.4, 0.5) is 0 Å². The van der Waals surface area contributed by atoms with Gasteiger partial charge in [-0.2, -0.15) is 0 Å². The summed E-state index contributed by atoms with van der Waals surface area (Å²) in [7, 11) is 0. The fourth-order valence-electron chi connectivity index (χ4n) is 7.52. The van der Waals surface area contributed by atoms with Crippen LogP contribution in [0.1, 0.15) is 0 Å². The van der Waals surface area contributed by atoms with Crippen molar-refractivity contribution in [2.45, 2.75) is 0 Å². The van der Waals surface area contributed by atoms with E-state index in [-0.39, 0.29) is 0 Å². The van der Waals surface area contributed by atoms with Gasteiger partial charge in [0.15, 0.2) is 0 Å². The first-order chi connectivity index (χ1) is 21.8. The van der Waals surface area contributed by atoms with Crippen LogP contribution in [0.25, 0.3) is 87.3 Å². The average molecular weight is 559 g/mol. The second-order valence-corrected chi connectivity index (χ2v) is 11.8. The van der Waals surface area contributed by atoms with Gasteiger partial charge >= 0.3 is 0 Å². The van der Waals surface area contributed by atoms with E-state index in [2.05, 4.69) is 167 Å². The van der Waals surface area contributed by atoms with E-state index >= 15 is 0 Å². The monoisotopic (exact) mass is 558 g/mol. The Morgan fingerprint density at radius 1 is 0.250 bits per heavy atom. The summed E-state index contributed by atoms with van der Waals surface area (Å²) in [6, 6.07) is 57.8. The molecule has 0 saturated heterocycles. The summed E-state index contributed by atoms with van der Waals surface area (Å²) in [5, 5.41) is 12.8. The van der Waals surface area contributed by atoms with E-state index in [1.807, 2.05) is 0 Å². The third-order valence-corrected chi connectivity index (χ3v) is 9.46. The van der Waals surface area contributed by atoms with Crippen LogP contribution in [0.2, 0.25) is 0 Å². The maximum Gasteiger partial charge on any atom is 0.0547 e. The molecule has 0 bridgehead atoms. The van der Waals surface area contributed by atoms with E-state index < -0.39 is 0 Å². The molecule has 44 heavy (non-hydrogen) atoms. The standard InChI is InChI=1S/C42H26N2/c1-2-11-29(12-3-1)43-39-16-8-6-14-34(39)37-25-30(20-23-41(37)43)44-40-17-9-7-15-35(40)38-26-36-28(24-42(38)44)19-22-32-31-13-5-4-10-27(31)18-21-33(32)36/h1-26H. The molecule has 0 aliphatic carbocycles. The molecule has 0 unspecified atom stereocenters. The summed E-state index contributed by atoms with van der Waals surface area (Å²) in [6.45, 7) is 0. The molecule has 0 N–H and O–H groups in total. The summed E-state index contributed by atoms with van der Waals surface area (Å²) in [5.74, 6) is 0. The van der Waals surface area contributed by atoms with Crippen LogP contribution in [0.3, 0.4) is 0 Å². The van der Waals surface area contributed by atoms with Gasteiger partial charge in [-0.15, -0.1) is 0 Å². The average Bonchev–Trinajstić information content (AvgIpc) is 3.59. The van der Waals surface area contributed by atoms with Crippen LogP contribution in [0.15, 0.2) is 158 Å². The topological polar surface area (TPSA) is 9.86 Å². The highest BCUT2D eigenvalue weighted by atomic mass is 15.0. The Labute approximate surface area is 253 Å². The van der Waals surface area contributed by atoms with Gasteiger partial charge in [0.25, 0.3) is 0 Å². The number of hydrogen-bond donors (Lipinski definition) is 0. The molecule has 0 fully saturated rings. The van der Waals surface area contributed by atoms with Gasteiger partial charge in [0, 0.05) is 32.9 Å². The molecule has 2 aromatic heterocycles. The molecule has 0 spiro atoms. The Hall–Kier alpha value is -5.86. The summed E-state index contributed by atoms with van der Waals surface area (Å²) < 4.78 is 4.82. The predicted molar refractivity (Wildman–Crippen MR) is 188 cm³/mol. The molecule has 204 valence electrons. The zero-order valence-electron chi connectivity index (χ0n) is 23.9. The molecule has 10 aromatic rings. The molecule has 0 saturated carbocycles. The molecule has 2 nitrogen and oxygen atoms in total. The van der Waals surface area contributed by atoms with Gasteiger partial charge in [-0.1, -0.05) is 103 Å². The lowest BCUT2D eigenvalue weighted by atomic mass is 9.96. The van der Waals surface area contributed by atoms with Gasteiger partial charge in [-0.3, -0.25) is 0 Å². The van der Waals surface area contributed by atoms with E-state index in [1.165, 1.54) is 87.3 Å². The lowest BCUT2D eigenvalue weighted by molar-refractivity contribution is 1.17. The van der Waals surface area contributed by atoms with Crippen molar-refractivity contribution in [2.24, 2.45) is 0 Å². The smallest absolute Gasteiger partial charge is 0.0547 e. The molecular formula is C42H26N2. The third kappa shape index (κ3) is 3.20. The van der Waals surface area contributed by atoms with Crippen molar-refractivity contribution < 1.29 is 0 Å². The number of para-hydroxylation sites is 3. The molecule has 0 aliphatic rings. The third-order valence-electron chi connectivity index (χ3n) is 9.46. The quantitative estimate of drug-likeness (QED) is 0.187. The first-order valence-corrected chi connectivity index (χ1v) is 15.2. The zero-order valence-corrected chi connectivity index (χ0v) is 23.9.